The van der Waals surface area contributed by atoms with E-state index >= 15 is 0 Å². The number of aryl methyl sites for hydroxylation is 1. The number of benzene rings is 1. The van der Waals surface area contributed by atoms with Crippen molar-refractivity contribution < 1.29 is 9.59 Å². The van der Waals surface area contributed by atoms with Crippen molar-refractivity contribution in [1.82, 2.24) is 5.32 Å². The number of amides is 2. The molecular formula is C13H15ClN2O2. The van der Waals surface area contributed by atoms with E-state index < -0.39 is 6.04 Å². The van der Waals surface area contributed by atoms with Crippen LogP contribution in [0, 0.1) is 6.92 Å². The van der Waals surface area contributed by atoms with E-state index in [1.807, 2.05) is 26.0 Å². The van der Waals surface area contributed by atoms with Crippen LogP contribution in [0.4, 0.5) is 5.69 Å². The van der Waals surface area contributed by atoms with Gasteiger partial charge in [0.15, 0.2) is 0 Å². The highest BCUT2D eigenvalue weighted by Crippen LogP contribution is 2.28. The number of hydrogen-bond acceptors (Lipinski definition) is 2. The van der Waals surface area contributed by atoms with E-state index in [0.717, 1.165) is 5.56 Å². The van der Waals surface area contributed by atoms with Crippen molar-refractivity contribution in [2.24, 2.45) is 0 Å². The van der Waals surface area contributed by atoms with Crippen LogP contribution < -0.4 is 10.2 Å². The van der Waals surface area contributed by atoms with Gasteiger partial charge in [0.25, 0.3) is 0 Å². The van der Waals surface area contributed by atoms with Crippen molar-refractivity contribution >= 4 is 29.1 Å². The second kappa shape index (κ2) is 4.98. The molecule has 1 heterocycles. The number of hydrogen-bond donors (Lipinski definition) is 1. The highest BCUT2D eigenvalue weighted by Gasteiger charge is 2.33. The summed E-state index contributed by atoms with van der Waals surface area (Å²) >= 11 is 6.11. The Morgan fingerprint density at radius 2 is 2.17 bits per heavy atom. The van der Waals surface area contributed by atoms with E-state index in [2.05, 4.69) is 5.32 Å². The smallest absolute Gasteiger partial charge is 0.250 e. The predicted octanol–water partition coefficient (Wildman–Crippen LogP) is 1.89. The van der Waals surface area contributed by atoms with Gasteiger partial charge < -0.3 is 5.32 Å². The van der Waals surface area contributed by atoms with Gasteiger partial charge in [-0.25, -0.2) is 0 Å². The van der Waals surface area contributed by atoms with E-state index in [4.69, 9.17) is 11.6 Å². The summed E-state index contributed by atoms with van der Waals surface area (Å²) in [4.78, 5) is 25.3. The molecule has 0 radical (unpaired) electrons. The number of rotatable bonds is 2. The first-order valence-electron chi connectivity index (χ1n) is 5.89. The molecule has 1 unspecified atom stereocenters. The molecule has 0 aromatic heterocycles. The number of halogens is 1. The molecule has 0 aliphatic carbocycles. The number of carbonyl (C=O) groups is 2. The number of carbonyl (C=O) groups excluding carboxylic acids is 2. The monoisotopic (exact) mass is 266 g/mol. The molecule has 5 heteroatoms. The maximum Gasteiger partial charge on any atom is 0.250 e. The number of nitrogens with zero attached hydrogens (tertiary/aromatic N) is 1. The molecule has 0 spiro atoms. The van der Waals surface area contributed by atoms with Crippen molar-refractivity contribution in [1.29, 1.82) is 0 Å². The summed E-state index contributed by atoms with van der Waals surface area (Å²) in [7, 11) is 0. The van der Waals surface area contributed by atoms with Gasteiger partial charge in [0, 0.05) is 0 Å². The van der Waals surface area contributed by atoms with Gasteiger partial charge in [0.05, 0.1) is 10.7 Å². The van der Waals surface area contributed by atoms with Gasteiger partial charge >= 0.3 is 0 Å². The lowest BCUT2D eigenvalue weighted by Crippen LogP contribution is -2.58. The van der Waals surface area contributed by atoms with Crippen LogP contribution in [0.15, 0.2) is 18.2 Å². The van der Waals surface area contributed by atoms with Crippen LogP contribution in [0.1, 0.15) is 18.9 Å². The lowest BCUT2D eigenvalue weighted by atomic mass is 10.1. The molecule has 2 amide bonds. The Labute approximate surface area is 111 Å². The first kappa shape index (κ1) is 12.9. The van der Waals surface area contributed by atoms with Crippen LogP contribution in [0.25, 0.3) is 0 Å². The molecule has 96 valence electrons. The second-order valence-electron chi connectivity index (χ2n) is 4.41. The highest BCUT2D eigenvalue weighted by molar-refractivity contribution is 6.34. The Morgan fingerprint density at radius 3 is 2.83 bits per heavy atom. The average molecular weight is 267 g/mol. The fourth-order valence-corrected chi connectivity index (χ4v) is 2.24. The molecule has 1 aliphatic rings. The normalized spacial score (nSPS) is 19.9. The van der Waals surface area contributed by atoms with Crippen molar-refractivity contribution in [2.75, 3.05) is 11.4 Å². The molecule has 1 atom stereocenters. The van der Waals surface area contributed by atoms with Gasteiger partial charge in [0.2, 0.25) is 11.8 Å². The molecule has 1 saturated heterocycles. The van der Waals surface area contributed by atoms with Gasteiger partial charge in [-0.2, -0.15) is 0 Å². The molecule has 1 aliphatic heterocycles. The highest BCUT2D eigenvalue weighted by atomic mass is 35.5. The Bertz CT molecular complexity index is 502. The van der Waals surface area contributed by atoms with E-state index in [1.165, 1.54) is 4.90 Å². The summed E-state index contributed by atoms with van der Waals surface area (Å²) < 4.78 is 0. The standard InChI is InChI=1S/C13H15ClN2O2/c1-3-10-13(18)16(7-12(17)15-10)11-6-8(2)4-5-9(11)14/h4-6,10H,3,7H2,1-2H3,(H,15,17). The first-order chi connectivity index (χ1) is 8.52. The summed E-state index contributed by atoms with van der Waals surface area (Å²) in [5, 5.41) is 3.16. The molecule has 18 heavy (non-hydrogen) atoms. The lowest BCUT2D eigenvalue weighted by Gasteiger charge is -2.32. The van der Waals surface area contributed by atoms with Crippen molar-refractivity contribution in [2.45, 2.75) is 26.3 Å². The summed E-state index contributed by atoms with van der Waals surface area (Å²) in [6.45, 7) is 3.81. The van der Waals surface area contributed by atoms with Crippen LogP contribution in [0.5, 0.6) is 0 Å². The Balaban J connectivity index is 2.39. The molecule has 4 nitrogen and oxygen atoms in total. The van der Waals surface area contributed by atoms with Crippen LogP contribution in [0.3, 0.4) is 0 Å². The minimum atomic E-state index is -0.456. The van der Waals surface area contributed by atoms with Crippen molar-refractivity contribution in [3.8, 4) is 0 Å². The number of piperazine rings is 1. The minimum Gasteiger partial charge on any atom is -0.343 e. The largest absolute Gasteiger partial charge is 0.343 e. The average Bonchev–Trinajstić information content (AvgIpc) is 2.35. The first-order valence-corrected chi connectivity index (χ1v) is 6.27. The van der Waals surface area contributed by atoms with E-state index in [1.54, 1.807) is 6.07 Å². The summed E-state index contributed by atoms with van der Waals surface area (Å²) in [5.41, 5.74) is 1.61. The maximum atomic E-state index is 12.2. The van der Waals surface area contributed by atoms with Crippen LogP contribution >= 0.6 is 11.6 Å². The second-order valence-corrected chi connectivity index (χ2v) is 4.81. The zero-order valence-corrected chi connectivity index (χ0v) is 11.1. The van der Waals surface area contributed by atoms with Crippen molar-refractivity contribution in [3.63, 3.8) is 0 Å². The molecule has 0 bridgehead atoms. The molecule has 1 aromatic carbocycles. The third kappa shape index (κ3) is 2.34. The Hall–Kier alpha value is -1.55. The topological polar surface area (TPSA) is 49.4 Å². The lowest BCUT2D eigenvalue weighted by molar-refractivity contribution is -0.131. The predicted molar refractivity (Wildman–Crippen MR) is 70.8 cm³/mol. The van der Waals surface area contributed by atoms with E-state index in [-0.39, 0.29) is 18.4 Å². The zero-order chi connectivity index (χ0) is 13.3. The van der Waals surface area contributed by atoms with Gasteiger partial charge in [-0.15, -0.1) is 0 Å². The third-order valence-corrected chi connectivity index (χ3v) is 3.32. The maximum absolute atomic E-state index is 12.2. The summed E-state index contributed by atoms with van der Waals surface area (Å²) in [6.07, 6.45) is 0.574. The third-order valence-electron chi connectivity index (χ3n) is 3.00. The quantitative estimate of drug-likeness (QED) is 0.889. The van der Waals surface area contributed by atoms with Crippen LogP contribution in [-0.4, -0.2) is 24.4 Å². The molecular weight excluding hydrogens is 252 g/mol. The summed E-state index contributed by atoms with van der Waals surface area (Å²) in [6, 6.07) is 4.98. The van der Waals surface area contributed by atoms with Gasteiger partial charge in [-0.3, -0.25) is 14.5 Å². The van der Waals surface area contributed by atoms with Crippen LogP contribution in [0.2, 0.25) is 5.02 Å². The number of nitrogens with one attached hydrogen (secondary N) is 1. The molecule has 1 N–H and O–H groups in total. The Kier molecular flexibility index (Phi) is 3.57. The molecule has 1 aromatic rings. The zero-order valence-electron chi connectivity index (χ0n) is 10.4. The van der Waals surface area contributed by atoms with E-state index in [9.17, 15) is 9.59 Å². The summed E-state index contributed by atoms with van der Waals surface area (Å²) in [5.74, 6) is -0.261. The van der Waals surface area contributed by atoms with Gasteiger partial charge in [-0.1, -0.05) is 24.6 Å². The van der Waals surface area contributed by atoms with Crippen LogP contribution in [-0.2, 0) is 9.59 Å². The molecule has 1 fully saturated rings. The fourth-order valence-electron chi connectivity index (χ4n) is 2.02. The molecule has 2 rings (SSSR count). The SMILES string of the molecule is CCC1NC(=O)CN(c2cc(C)ccc2Cl)C1=O. The molecule has 0 saturated carbocycles. The number of anilines is 1. The van der Waals surface area contributed by atoms with E-state index in [0.29, 0.717) is 17.1 Å². The van der Waals surface area contributed by atoms with Gasteiger partial charge in [-0.05, 0) is 31.0 Å². The van der Waals surface area contributed by atoms with Crippen molar-refractivity contribution in [3.05, 3.63) is 28.8 Å². The van der Waals surface area contributed by atoms with Gasteiger partial charge in [0.1, 0.15) is 12.6 Å². The Morgan fingerprint density at radius 1 is 1.44 bits per heavy atom. The fraction of sp³-hybridized carbons (Fsp3) is 0.385. The minimum absolute atomic E-state index is 0.0263.